The smallest absolute Gasteiger partial charge is 0.323 e. The van der Waals surface area contributed by atoms with Gasteiger partial charge in [-0.3, -0.25) is 4.79 Å². The third-order valence-electron chi connectivity index (χ3n) is 2.24. The number of benzene rings is 1. The number of nitrogens with two attached hydrogens (primary N) is 1. The molecule has 16 heavy (non-hydrogen) atoms. The molecule has 1 aromatic rings. The fraction of sp³-hybridized carbons (Fsp3) is 0.417. The molecule has 0 amide bonds. The van der Waals surface area contributed by atoms with E-state index >= 15 is 0 Å². The predicted octanol–water partition coefficient (Wildman–Crippen LogP) is 2.08. The van der Waals surface area contributed by atoms with Crippen LogP contribution in [-0.2, 0) is 16.0 Å². The van der Waals surface area contributed by atoms with Gasteiger partial charge in [0, 0.05) is 5.02 Å². The maximum Gasteiger partial charge on any atom is 0.323 e. The number of halogens is 1. The Kier molecular flexibility index (Phi) is 4.77. The van der Waals surface area contributed by atoms with Gasteiger partial charge < -0.3 is 10.5 Å². The summed E-state index contributed by atoms with van der Waals surface area (Å²) in [5, 5.41) is 0.639. The van der Waals surface area contributed by atoms with Gasteiger partial charge in [0.2, 0.25) is 0 Å². The molecule has 4 heteroatoms. The number of aryl methyl sites for hydroxylation is 1. The van der Waals surface area contributed by atoms with Gasteiger partial charge in [0.05, 0.1) is 6.61 Å². The molecular weight excluding hydrogens is 226 g/mol. The van der Waals surface area contributed by atoms with Gasteiger partial charge >= 0.3 is 5.97 Å². The molecule has 0 aliphatic heterocycles. The third-order valence-corrected chi connectivity index (χ3v) is 2.59. The first-order valence-electron chi connectivity index (χ1n) is 5.21. The Morgan fingerprint density at radius 2 is 2.25 bits per heavy atom. The molecule has 0 saturated carbocycles. The third kappa shape index (κ3) is 3.51. The average molecular weight is 242 g/mol. The van der Waals surface area contributed by atoms with Crippen LogP contribution in [0, 0.1) is 6.92 Å². The van der Waals surface area contributed by atoms with Crippen LogP contribution in [-0.4, -0.2) is 18.6 Å². The number of hydrogen-bond acceptors (Lipinski definition) is 3. The minimum absolute atomic E-state index is 0.341. The summed E-state index contributed by atoms with van der Waals surface area (Å²) in [6.45, 7) is 4.05. The number of hydrogen-bond donors (Lipinski definition) is 1. The number of rotatable bonds is 4. The van der Waals surface area contributed by atoms with Crippen LogP contribution in [0.4, 0.5) is 0 Å². The zero-order valence-corrected chi connectivity index (χ0v) is 10.3. The van der Waals surface area contributed by atoms with Crippen LogP contribution >= 0.6 is 11.6 Å². The van der Waals surface area contributed by atoms with Crippen molar-refractivity contribution in [2.75, 3.05) is 6.61 Å². The lowest BCUT2D eigenvalue weighted by atomic mass is 10.1. The molecule has 0 aliphatic rings. The minimum atomic E-state index is -0.653. The predicted molar refractivity (Wildman–Crippen MR) is 64.5 cm³/mol. The summed E-state index contributed by atoms with van der Waals surface area (Å²) in [5.74, 6) is -0.390. The summed E-state index contributed by atoms with van der Waals surface area (Å²) in [7, 11) is 0. The highest BCUT2D eigenvalue weighted by Crippen LogP contribution is 2.18. The molecule has 0 unspecified atom stereocenters. The molecule has 0 heterocycles. The van der Waals surface area contributed by atoms with Crippen molar-refractivity contribution in [2.45, 2.75) is 26.3 Å². The second kappa shape index (κ2) is 5.87. The van der Waals surface area contributed by atoms with Gasteiger partial charge in [-0.25, -0.2) is 0 Å². The minimum Gasteiger partial charge on any atom is -0.465 e. The molecule has 3 nitrogen and oxygen atoms in total. The molecule has 88 valence electrons. The second-order valence-electron chi connectivity index (χ2n) is 3.66. The van der Waals surface area contributed by atoms with Crippen LogP contribution < -0.4 is 5.73 Å². The van der Waals surface area contributed by atoms with Crippen LogP contribution in [0.5, 0.6) is 0 Å². The largest absolute Gasteiger partial charge is 0.465 e. The van der Waals surface area contributed by atoms with Crippen LogP contribution in [0.2, 0.25) is 5.02 Å². The van der Waals surface area contributed by atoms with Gasteiger partial charge in [0.25, 0.3) is 0 Å². The van der Waals surface area contributed by atoms with Crippen LogP contribution in [0.25, 0.3) is 0 Å². The van der Waals surface area contributed by atoms with E-state index in [0.29, 0.717) is 18.1 Å². The summed E-state index contributed by atoms with van der Waals surface area (Å²) in [6, 6.07) is 5.03. The monoisotopic (exact) mass is 241 g/mol. The molecule has 1 aromatic carbocycles. The van der Waals surface area contributed by atoms with E-state index in [1.807, 2.05) is 25.1 Å². The first kappa shape index (κ1) is 13.0. The van der Waals surface area contributed by atoms with E-state index in [2.05, 4.69) is 0 Å². The van der Waals surface area contributed by atoms with Crippen molar-refractivity contribution < 1.29 is 9.53 Å². The molecule has 1 atom stereocenters. The molecule has 0 aromatic heterocycles. The zero-order valence-electron chi connectivity index (χ0n) is 9.50. The molecule has 0 aliphatic carbocycles. The van der Waals surface area contributed by atoms with Crippen molar-refractivity contribution in [3.63, 3.8) is 0 Å². The van der Waals surface area contributed by atoms with Gasteiger partial charge in [-0.1, -0.05) is 23.7 Å². The maximum absolute atomic E-state index is 11.3. The van der Waals surface area contributed by atoms with Gasteiger partial charge in [0.15, 0.2) is 0 Å². The quantitative estimate of drug-likeness (QED) is 0.822. The Morgan fingerprint density at radius 3 is 2.81 bits per heavy atom. The zero-order chi connectivity index (χ0) is 12.1. The van der Waals surface area contributed by atoms with Gasteiger partial charge in [0.1, 0.15) is 6.04 Å². The Bertz CT molecular complexity index is 379. The molecule has 0 bridgehead atoms. The first-order valence-corrected chi connectivity index (χ1v) is 5.59. The molecule has 2 N–H and O–H groups in total. The summed E-state index contributed by atoms with van der Waals surface area (Å²) < 4.78 is 4.83. The van der Waals surface area contributed by atoms with Gasteiger partial charge in [-0.05, 0) is 37.5 Å². The van der Waals surface area contributed by atoms with Crippen LogP contribution in [0.15, 0.2) is 18.2 Å². The van der Waals surface area contributed by atoms with Crippen LogP contribution in [0.3, 0.4) is 0 Å². The van der Waals surface area contributed by atoms with Crippen molar-refractivity contribution >= 4 is 17.6 Å². The van der Waals surface area contributed by atoms with Crippen molar-refractivity contribution in [3.8, 4) is 0 Å². The molecule has 0 saturated heterocycles. The lowest BCUT2D eigenvalue weighted by Gasteiger charge is -2.11. The summed E-state index contributed by atoms with van der Waals surface area (Å²) in [6.07, 6.45) is 0.401. The van der Waals surface area contributed by atoms with Crippen molar-refractivity contribution in [1.29, 1.82) is 0 Å². The molecule has 1 rings (SSSR count). The fourth-order valence-electron chi connectivity index (χ4n) is 1.39. The Morgan fingerprint density at radius 1 is 1.56 bits per heavy atom. The fourth-order valence-corrected chi connectivity index (χ4v) is 1.70. The molecular formula is C12H16ClNO2. The molecule has 0 radical (unpaired) electrons. The van der Waals surface area contributed by atoms with E-state index in [-0.39, 0.29) is 5.97 Å². The number of carbonyl (C=O) groups excluding carboxylic acids is 1. The number of esters is 1. The molecule has 0 fully saturated rings. The summed E-state index contributed by atoms with van der Waals surface area (Å²) in [4.78, 5) is 11.3. The Labute approximate surface area is 101 Å². The van der Waals surface area contributed by atoms with Crippen molar-refractivity contribution in [3.05, 3.63) is 34.3 Å². The highest BCUT2D eigenvalue weighted by molar-refractivity contribution is 6.31. The Hall–Kier alpha value is -1.06. The van der Waals surface area contributed by atoms with Crippen LogP contribution in [0.1, 0.15) is 18.1 Å². The Balaban J connectivity index is 2.69. The standard InChI is InChI=1S/C12H16ClNO2/c1-3-16-12(15)11(14)7-9-5-4-8(2)6-10(9)13/h4-6,11H,3,7,14H2,1-2H3/t11-/m0/s1. The number of carbonyl (C=O) groups is 1. The van der Waals surface area contributed by atoms with E-state index < -0.39 is 6.04 Å². The number of ether oxygens (including phenoxy) is 1. The van der Waals surface area contributed by atoms with E-state index in [1.54, 1.807) is 6.92 Å². The van der Waals surface area contributed by atoms with Gasteiger partial charge in [-0.2, -0.15) is 0 Å². The highest BCUT2D eigenvalue weighted by Gasteiger charge is 2.16. The topological polar surface area (TPSA) is 52.3 Å². The van der Waals surface area contributed by atoms with E-state index in [4.69, 9.17) is 22.1 Å². The van der Waals surface area contributed by atoms with E-state index in [1.165, 1.54) is 0 Å². The highest BCUT2D eigenvalue weighted by atomic mass is 35.5. The van der Waals surface area contributed by atoms with Crippen molar-refractivity contribution in [1.82, 2.24) is 0 Å². The summed E-state index contributed by atoms with van der Waals surface area (Å²) in [5.41, 5.74) is 7.66. The lowest BCUT2D eigenvalue weighted by molar-refractivity contribution is -0.144. The maximum atomic E-state index is 11.3. The molecule has 0 spiro atoms. The summed E-state index contributed by atoms with van der Waals surface area (Å²) >= 11 is 6.05. The normalized spacial score (nSPS) is 12.2. The van der Waals surface area contributed by atoms with Gasteiger partial charge in [-0.15, -0.1) is 0 Å². The average Bonchev–Trinajstić information content (AvgIpc) is 2.22. The first-order chi connectivity index (χ1) is 7.54. The lowest BCUT2D eigenvalue weighted by Crippen LogP contribution is -2.34. The van der Waals surface area contributed by atoms with E-state index in [9.17, 15) is 4.79 Å². The second-order valence-corrected chi connectivity index (χ2v) is 4.06. The van der Waals surface area contributed by atoms with Crippen molar-refractivity contribution in [2.24, 2.45) is 5.73 Å². The van der Waals surface area contributed by atoms with E-state index in [0.717, 1.165) is 11.1 Å². The SMILES string of the molecule is CCOC(=O)[C@@H](N)Cc1ccc(C)cc1Cl.